The van der Waals surface area contributed by atoms with Crippen LogP contribution >= 0.6 is 23.7 Å². The number of hydrogen-bond acceptors (Lipinski definition) is 4. The van der Waals surface area contributed by atoms with Crippen LogP contribution in [0.2, 0.25) is 0 Å². The second kappa shape index (κ2) is 7.49. The Bertz CT molecular complexity index is 330. The molecule has 0 saturated heterocycles. The van der Waals surface area contributed by atoms with Crippen molar-refractivity contribution in [2.45, 2.75) is 0 Å². The van der Waals surface area contributed by atoms with E-state index in [1.165, 1.54) is 11.3 Å². The van der Waals surface area contributed by atoms with Crippen molar-refractivity contribution in [3.63, 3.8) is 0 Å². The average molecular weight is 265 g/mol. The van der Waals surface area contributed by atoms with Gasteiger partial charge in [0.15, 0.2) is 0 Å². The first-order valence-electron chi connectivity index (χ1n) is 4.71. The zero-order valence-electron chi connectivity index (χ0n) is 9.65. The SMILES string of the molecule is CNCCN(C)C(=O)c1cc(OC)cs1.Cl. The van der Waals surface area contributed by atoms with Crippen molar-refractivity contribution in [1.29, 1.82) is 0 Å². The highest BCUT2D eigenvalue weighted by Gasteiger charge is 2.13. The van der Waals surface area contributed by atoms with E-state index in [1.807, 2.05) is 12.4 Å². The quantitative estimate of drug-likeness (QED) is 0.876. The maximum atomic E-state index is 11.8. The number of carbonyl (C=O) groups excluding carboxylic acids is 1. The number of thiophene rings is 1. The third kappa shape index (κ3) is 4.00. The fourth-order valence-electron chi connectivity index (χ4n) is 1.11. The number of nitrogens with one attached hydrogen (secondary N) is 1. The molecule has 1 aromatic rings. The largest absolute Gasteiger partial charge is 0.496 e. The zero-order chi connectivity index (χ0) is 11.3. The second-order valence-corrected chi connectivity index (χ2v) is 4.09. The van der Waals surface area contributed by atoms with E-state index in [4.69, 9.17) is 4.74 Å². The number of rotatable bonds is 5. The van der Waals surface area contributed by atoms with Crippen molar-refractivity contribution in [2.24, 2.45) is 0 Å². The third-order valence-electron chi connectivity index (χ3n) is 2.07. The van der Waals surface area contributed by atoms with Gasteiger partial charge in [-0.3, -0.25) is 4.79 Å². The Morgan fingerprint density at radius 1 is 1.62 bits per heavy atom. The summed E-state index contributed by atoms with van der Waals surface area (Å²) in [5.41, 5.74) is 0. The molecular weight excluding hydrogens is 248 g/mol. The minimum atomic E-state index is 0. The Hall–Kier alpha value is -0.780. The predicted molar refractivity (Wildman–Crippen MR) is 69.0 cm³/mol. The van der Waals surface area contributed by atoms with Crippen molar-refractivity contribution in [3.05, 3.63) is 16.3 Å². The summed E-state index contributed by atoms with van der Waals surface area (Å²) in [6.45, 7) is 1.50. The molecule has 0 aliphatic carbocycles. The predicted octanol–water partition coefficient (Wildman–Crippen LogP) is 1.47. The molecule has 0 unspecified atom stereocenters. The number of amides is 1. The van der Waals surface area contributed by atoms with E-state index in [0.717, 1.165) is 12.3 Å². The summed E-state index contributed by atoms with van der Waals surface area (Å²) in [6.07, 6.45) is 0. The number of carbonyl (C=O) groups is 1. The van der Waals surface area contributed by atoms with Gasteiger partial charge < -0.3 is 15.0 Å². The molecule has 1 rings (SSSR count). The number of hydrogen-bond donors (Lipinski definition) is 1. The number of methoxy groups -OCH3 is 1. The lowest BCUT2D eigenvalue weighted by molar-refractivity contribution is 0.0801. The van der Waals surface area contributed by atoms with Crippen LogP contribution in [-0.4, -0.2) is 45.1 Å². The standard InChI is InChI=1S/C10H16N2O2S.ClH/c1-11-4-5-12(2)10(13)9-6-8(14-3)7-15-9;/h6-7,11H,4-5H2,1-3H3;1H. The molecule has 1 aromatic heterocycles. The fourth-order valence-corrected chi connectivity index (χ4v) is 1.96. The van der Waals surface area contributed by atoms with Crippen LogP contribution in [0.25, 0.3) is 0 Å². The van der Waals surface area contributed by atoms with Crippen LogP contribution in [0.15, 0.2) is 11.4 Å². The van der Waals surface area contributed by atoms with Gasteiger partial charge in [0.05, 0.1) is 12.0 Å². The molecule has 1 N–H and O–H groups in total. The minimum absolute atomic E-state index is 0. The Kier molecular flexibility index (Phi) is 7.12. The molecule has 0 bridgehead atoms. The molecule has 92 valence electrons. The van der Waals surface area contributed by atoms with Gasteiger partial charge in [-0.1, -0.05) is 0 Å². The minimum Gasteiger partial charge on any atom is -0.496 e. The van der Waals surface area contributed by atoms with Crippen molar-refractivity contribution in [2.75, 3.05) is 34.3 Å². The van der Waals surface area contributed by atoms with Gasteiger partial charge in [-0.15, -0.1) is 23.7 Å². The number of halogens is 1. The van der Waals surface area contributed by atoms with Gasteiger partial charge in [-0.25, -0.2) is 0 Å². The first-order chi connectivity index (χ1) is 7.19. The van der Waals surface area contributed by atoms with Crippen LogP contribution in [0.4, 0.5) is 0 Å². The highest BCUT2D eigenvalue weighted by molar-refractivity contribution is 7.12. The van der Waals surface area contributed by atoms with E-state index in [9.17, 15) is 4.79 Å². The van der Waals surface area contributed by atoms with Crippen LogP contribution in [0, 0.1) is 0 Å². The molecule has 0 aliphatic heterocycles. The van der Waals surface area contributed by atoms with Gasteiger partial charge in [0.2, 0.25) is 0 Å². The molecule has 0 spiro atoms. The smallest absolute Gasteiger partial charge is 0.263 e. The van der Waals surface area contributed by atoms with E-state index < -0.39 is 0 Å². The van der Waals surface area contributed by atoms with Crippen molar-refractivity contribution in [1.82, 2.24) is 10.2 Å². The summed E-state index contributed by atoms with van der Waals surface area (Å²) in [6, 6.07) is 1.77. The second-order valence-electron chi connectivity index (χ2n) is 3.18. The van der Waals surface area contributed by atoms with Gasteiger partial charge in [0.25, 0.3) is 5.91 Å². The highest BCUT2D eigenvalue weighted by atomic mass is 35.5. The molecule has 0 radical (unpaired) electrons. The summed E-state index contributed by atoms with van der Waals surface area (Å²) < 4.78 is 5.03. The van der Waals surface area contributed by atoms with Crippen LogP contribution in [0.1, 0.15) is 9.67 Å². The van der Waals surface area contributed by atoms with E-state index in [0.29, 0.717) is 11.4 Å². The van der Waals surface area contributed by atoms with E-state index in [2.05, 4.69) is 5.32 Å². The van der Waals surface area contributed by atoms with E-state index in [1.54, 1.807) is 25.1 Å². The molecule has 0 aromatic carbocycles. The topological polar surface area (TPSA) is 41.6 Å². The lowest BCUT2D eigenvalue weighted by Crippen LogP contribution is -2.32. The number of nitrogens with zero attached hydrogens (tertiary/aromatic N) is 1. The average Bonchev–Trinajstić information content (AvgIpc) is 2.73. The van der Waals surface area contributed by atoms with Crippen molar-refractivity contribution < 1.29 is 9.53 Å². The Balaban J connectivity index is 0.00000225. The van der Waals surface area contributed by atoms with Gasteiger partial charge in [0, 0.05) is 31.6 Å². The molecule has 0 saturated carbocycles. The van der Waals surface area contributed by atoms with Crippen LogP contribution in [-0.2, 0) is 0 Å². The summed E-state index contributed by atoms with van der Waals surface area (Å²) in [4.78, 5) is 14.2. The third-order valence-corrected chi connectivity index (χ3v) is 2.96. The molecule has 6 heteroatoms. The monoisotopic (exact) mass is 264 g/mol. The maximum absolute atomic E-state index is 11.8. The Morgan fingerprint density at radius 2 is 2.31 bits per heavy atom. The molecule has 0 fully saturated rings. The van der Waals surface area contributed by atoms with Crippen molar-refractivity contribution >= 4 is 29.7 Å². The van der Waals surface area contributed by atoms with Gasteiger partial charge in [0.1, 0.15) is 5.75 Å². The summed E-state index contributed by atoms with van der Waals surface area (Å²) in [5, 5.41) is 4.84. The molecule has 1 amide bonds. The Morgan fingerprint density at radius 3 is 2.81 bits per heavy atom. The fraction of sp³-hybridized carbons (Fsp3) is 0.500. The molecule has 0 aliphatic rings. The van der Waals surface area contributed by atoms with Crippen LogP contribution in [0.5, 0.6) is 5.75 Å². The lowest BCUT2D eigenvalue weighted by Gasteiger charge is -2.15. The van der Waals surface area contributed by atoms with E-state index in [-0.39, 0.29) is 18.3 Å². The summed E-state index contributed by atoms with van der Waals surface area (Å²) in [5.74, 6) is 0.781. The highest BCUT2D eigenvalue weighted by Crippen LogP contribution is 2.21. The van der Waals surface area contributed by atoms with Gasteiger partial charge >= 0.3 is 0 Å². The number of ether oxygens (including phenoxy) is 1. The van der Waals surface area contributed by atoms with Gasteiger partial charge in [-0.05, 0) is 7.05 Å². The normalized spacial score (nSPS) is 9.44. The molecule has 4 nitrogen and oxygen atoms in total. The Labute approximate surface area is 106 Å². The van der Waals surface area contributed by atoms with Crippen LogP contribution < -0.4 is 10.1 Å². The van der Waals surface area contributed by atoms with Gasteiger partial charge in [-0.2, -0.15) is 0 Å². The maximum Gasteiger partial charge on any atom is 0.263 e. The first kappa shape index (κ1) is 15.2. The lowest BCUT2D eigenvalue weighted by atomic mass is 10.4. The molecular formula is C10H17ClN2O2S. The molecule has 1 heterocycles. The molecule has 16 heavy (non-hydrogen) atoms. The van der Waals surface area contributed by atoms with E-state index >= 15 is 0 Å². The number of likely N-dealkylation sites (N-methyl/N-ethyl adjacent to an activating group) is 2. The first-order valence-corrected chi connectivity index (χ1v) is 5.59. The van der Waals surface area contributed by atoms with Crippen LogP contribution in [0.3, 0.4) is 0 Å². The summed E-state index contributed by atoms with van der Waals surface area (Å²) >= 11 is 1.41. The van der Waals surface area contributed by atoms with Crippen molar-refractivity contribution in [3.8, 4) is 5.75 Å². The summed E-state index contributed by atoms with van der Waals surface area (Å²) in [7, 11) is 5.26. The zero-order valence-corrected chi connectivity index (χ0v) is 11.3. The molecule has 0 atom stereocenters.